The van der Waals surface area contributed by atoms with Crippen molar-refractivity contribution in [2.75, 3.05) is 0 Å². The number of nitrogens with one attached hydrogen (secondary N) is 1. The lowest BCUT2D eigenvalue weighted by molar-refractivity contribution is 0.573. The van der Waals surface area contributed by atoms with E-state index in [-0.39, 0.29) is 10.7 Å². The number of thiophene rings is 1. The maximum Gasteiger partial charge on any atom is 0.241 e. The fourth-order valence-corrected chi connectivity index (χ4v) is 4.83. The minimum atomic E-state index is -3.71. The molecule has 1 N–H and O–H groups in total. The van der Waals surface area contributed by atoms with Gasteiger partial charge in [0, 0.05) is 4.88 Å². The quantitative estimate of drug-likeness (QED) is 0.624. The summed E-state index contributed by atoms with van der Waals surface area (Å²) < 4.78 is 41.8. The van der Waals surface area contributed by atoms with E-state index >= 15 is 0 Å². The van der Waals surface area contributed by atoms with Crippen molar-refractivity contribution >= 4 is 21.4 Å². The highest BCUT2D eigenvalue weighted by atomic mass is 32.2. The molecule has 1 unspecified atom stereocenters. The molecule has 0 amide bonds. The van der Waals surface area contributed by atoms with E-state index in [1.165, 1.54) is 23.5 Å². The predicted octanol–water partition coefficient (Wildman–Crippen LogP) is 4.91. The third-order valence-corrected chi connectivity index (χ3v) is 6.45. The zero-order valence-corrected chi connectivity index (χ0v) is 16.0. The van der Waals surface area contributed by atoms with Crippen LogP contribution in [0.3, 0.4) is 0 Å². The molecule has 0 bridgehead atoms. The zero-order valence-electron chi connectivity index (χ0n) is 14.4. The lowest BCUT2D eigenvalue weighted by atomic mass is 10.1. The Morgan fingerprint density at radius 3 is 2.31 bits per heavy atom. The van der Waals surface area contributed by atoms with Gasteiger partial charge in [0.15, 0.2) is 0 Å². The second kappa shape index (κ2) is 8.12. The van der Waals surface area contributed by atoms with Gasteiger partial charge in [-0.2, -0.15) is 4.72 Å². The van der Waals surface area contributed by atoms with E-state index < -0.39 is 16.1 Å². The van der Waals surface area contributed by atoms with Gasteiger partial charge in [0.05, 0.1) is 10.9 Å². The van der Waals surface area contributed by atoms with Gasteiger partial charge in [-0.15, -0.1) is 11.3 Å². The van der Waals surface area contributed by atoms with Crippen molar-refractivity contribution < 1.29 is 12.8 Å². The Balaban J connectivity index is 1.91. The lowest BCUT2D eigenvalue weighted by Crippen LogP contribution is -2.29. The number of benzene rings is 2. The van der Waals surface area contributed by atoms with E-state index in [0.29, 0.717) is 5.56 Å². The van der Waals surface area contributed by atoms with Crippen molar-refractivity contribution in [1.82, 2.24) is 4.72 Å². The minimum Gasteiger partial charge on any atom is -0.207 e. The second-order valence-electron chi connectivity index (χ2n) is 6.02. The average molecular weight is 390 g/mol. The van der Waals surface area contributed by atoms with Crippen LogP contribution < -0.4 is 4.72 Å². The molecule has 0 aliphatic carbocycles. The van der Waals surface area contributed by atoms with Gasteiger partial charge in [0.25, 0.3) is 0 Å². The van der Waals surface area contributed by atoms with Crippen molar-refractivity contribution in [2.24, 2.45) is 0 Å². The third-order valence-electron chi connectivity index (χ3n) is 4.08. The fraction of sp³-hybridized carbons (Fsp3) is 0.200. The van der Waals surface area contributed by atoms with Gasteiger partial charge in [-0.1, -0.05) is 43.7 Å². The molecule has 3 nitrogen and oxygen atoms in total. The summed E-state index contributed by atoms with van der Waals surface area (Å²) in [5.74, 6) is -0.354. The first-order valence-corrected chi connectivity index (χ1v) is 10.8. The Labute approximate surface area is 157 Å². The van der Waals surface area contributed by atoms with Gasteiger partial charge in [-0.25, -0.2) is 12.8 Å². The highest BCUT2D eigenvalue weighted by molar-refractivity contribution is 7.89. The van der Waals surface area contributed by atoms with E-state index in [0.717, 1.165) is 23.3 Å². The first-order chi connectivity index (χ1) is 12.5. The predicted molar refractivity (Wildman–Crippen MR) is 103 cm³/mol. The third kappa shape index (κ3) is 4.38. The van der Waals surface area contributed by atoms with Crippen molar-refractivity contribution in [3.63, 3.8) is 0 Å². The summed E-state index contributed by atoms with van der Waals surface area (Å²) >= 11 is 1.45. The molecule has 136 valence electrons. The number of halogens is 1. The largest absolute Gasteiger partial charge is 0.241 e. The first-order valence-electron chi connectivity index (χ1n) is 8.40. The molecule has 0 aliphatic heterocycles. The number of hydrogen-bond acceptors (Lipinski definition) is 3. The van der Waals surface area contributed by atoms with Crippen LogP contribution in [0.1, 0.15) is 35.4 Å². The summed E-state index contributed by atoms with van der Waals surface area (Å²) in [4.78, 5) is 1.07. The monoisotopic (exact) mass is 389 g/mol. The Morgan fingerprint density at radius 1 is 1.04 bits per heavy atom. The summed E-state index contributed by atoms with van der Waals surface area (Å²) in [7, 11) is -3.71. The number of sulfonamides is 1. The number of rotatable bonds is 7. The Bertz CT molecular complexity index is 934. The topological polar surface area (TPSA) is 46.2 Å². The molecular formula is C20H20FNO2S2. The lowest BCUT2D eigenvalue weighted by Gasteiger charge is -2.18. The molecule has 0 spiro atoms. The van der Waals surface area contributed by atoms with Crippen LogP contribution in [-0.4, -0.2) is 8.42 Å². The molecule has 0 radical (unpaired) electrons. The molecule has 6 heteroatoms. The molecule has 0 saturated carbocycles. The van der Waals surface area contributed by atoms with Crippen LogP contribution in [0.25, 0.3) is 0 Å². The van der Waals surface area contributed by atoms with E-state index in [1.807, 2.05) is 29.6 Å². The highest BCUT2D eigenvalue weighted by Gasteiger charge is 2.23. The summed E-state index contributed by atoms with van der Waals surface area (Å²) in [6.45, 7) is 2.08. The smallest absolute Gasteiger partial charge is 0.207 e. The van der Waals surface area contributed by atoms with Crippen LogP contribution in [0.4, 0.5) is 4.39 Å². The highest BCUT2D eigenvalue weighted by Crippen LogP contribution is 2.28. The molecule has 1 atom stereocenters. The van der Waals surface area contributed by atoms with Gasteiger partial charge < -0.3 is 0 Å². The molecule has 26 heavy (non-hydrogen) atoms. The Hall–Kier alpha value is -2.02. The molecule has 0 aliphatic rings. The molecule has 0 saturated heterocycles. The molecule has 3 aromatic rings. The number of aryl methyl sites for hydroxylation is 1. The van der Waals surface area contributed by atoms with E-state index in [2.05, 4.69) is 11.6 Å². The molecule has 1 heterocycles. The zero-order chi connectivity index (χ0) is 18.6. The minimum absolute atomic E-state index is 0.223. The SMILES string of the molecule is CCCc1ccc(S(=O)(=O)NC(c2ccc(F)cc2)c2cccs2)cc1. The second-order valence-corrected chi connectivity index (χ2v) is 8.71. The fourth-order valence-electron chi connectivity index (χ4n) is 2.75. The molecule has 3 rings (SSSR count). The van der Waals surface area contributed by atoms with Gasteiger partial charge in [-0.3, -0.25) is 0 Å². The van der Waals surface area contributed by atoms with Crippen molar-refractivity contribution in [3.8, 4) is 0 Å². The van der Waals surface area contributed by atoms with Crippen LogP contribution in [0.5, 0.6) is 0 Å². The summed E-state index contributed by atoms with van der Waals surface area (Å²) in [6, 6.07) is 16.0. The molecule has 0 fully saturated rings. The molecule has 1 aromatic heterocycles. The maximum absolute atomic E-state index is 13.3. The normalized spacial score (nSPS) is 12.8. The van der Waals surface area contributed by atoms with Crippen LogP contribution >= 0.6 is 11.3 Å². The molecular weight excluding hydrogens is 369 g/mol. The van der Waals surface area contributed by atoms with Crippen LogP contribution in [0.15, 0.2) is 70.9 Å². The standard InChI is InChI=1S/C20H20FNO2S2/c1-2-4-15-6-12-18(13-7-15)26(23,24)22-20(19-5-3-14-25-19)16-8-10-17(21)11-9-16/h3,5-14,20,22H,2,4H2,1H3. The number of hydrogen-bond donors (Lipinski definition) is 1. The van der Waals surface area contributed by atoms with E-state index in [1.54, 1.807) is 24.3 Å². The first kappa shape index (κ1) is 18.8. The van der Waals surface area contributed by atoms with Gasteiger partial charge in [-0.05, 0) is 53.3 Å². The maximum atomic E-state index is 13.3. The summed E-state index contributed by atoms with van der Waals surface area (Å²) in [5.41, 5.74) is 1.81. The van der Waals surface area contributed by atoms with Crippen molar-refractivity contribution in [1.29, 1.82) is 0 Å². The van der Waals surface area contributed by atoms with Crippen LogP contribution in [0, 0.1) is 5.82 Å². The van der Waals surface area contributed by atoms with Gasteiger partial charge >= 0.3 is 0 Å². The Morgan fingerprint density at radius 2 is 1.73 bits per heavy atom. The average Bonchev–Trinajstić information content (AvgIpc) is 3.16. The summed E-state index contributed by atoms with van der Waals surface area (Å²) in [6.07, 6.45) is 1.93. The van der Waals surface area contributed by atoms with Gasteiger partial charge in [0.1, 0.15) is 5.82 Å². The van der Waals surface area contributed by atoms with Gasteiger partial charge in [0.2, 0.25) is 10.0 Å². The van der Waals surface area contributed by atoms with Crippen molar-refractivity contribution in [2.45, 2.75) is 30.7 Å². The van der Waals surface area contributed by atoms with Crippen LogP contribution in [-0.2, 0) is 16.4 Å². The van der Waals surface area contributed by atoms with E-state index in [9.17, 15) is 12.8 Å². The van der Waals surface area contributed by atoms with Crippen LogP contribution in [0.2, 0.25) is 0 Å². The Kier molecular flexibility index (Phi) is 5.86. The van der Waals surface area contributed by atoms with Crippen molar-refractivity contribution in [3.05, 3.63) is 87.9 Å². The summed E-state index contributed by atoms with van der Waals surface area (Å²) in [5, 5.41) is 1.89. The molecule has 2 aromatic carbocycles. The van der Waals surface area contributed by atoms with E-state index in [4.69, 9.17) is 0 Å².